The predicted octanol–water partition coefficient (Wildman–Crippen LogP) is -1.96. The van der Waals surface area contributed by atoms with Crippen LogP contribution < -0.4 is 30.2 Å². The second kappa shape index (κ2) is 9.14. The molecule has 0 saturated carbocycles. The van der Waals surface area contributed by atoms with Crippen molar-refractivity contribution in [1.29, 1.82) is 0 Å². The molecular weight excluding hydrogens is 449 g/mol. The summed E-state index contributed by atoms with van der Waals surface area (Å²) in [4.78, 5) is 14.4. The topological polar surface area (TPSA) is 89.3 Å². The summed E-state index contributed by atoms with van der Waals surface area (Å²) in [5.74, 6) is 0. The molecule has 7 nitrogen and oxygen atoms in total. The Hall–Kier alpha value is -1.20. The summed E-state index contributed by atoms with van der Waals surface area (Å²) in [6.45, 7) is 4.45. The molecule has 2 bridgehead atoms. The van der Waals surface area contributed by atoms with E-state index in [1.54, 1.807) is 23.1 Å². The Kier molecular flexibility index (Phi) is 6.87. The number of amides is 1. The van der Waals surface area contributed by atoms with Crippen molar-refractivity contribution in [3.63, 3.8) is 0 Å². The van der Waals surface area contributed by atoms with E-state index >= 15 is 0 Å². The van der Waals surface area contributed by atoms with Gasteiger partial charge in [0.2, 0.25) is 0 Å². The number of carbonyl (C=O) groups is 1. The van der Waals surface area contributed by atoms with E-state index in [1.165, 1.54) is 12.8 Å². The summed E-state index contributed by atoms with van der Waals surface area (Å²) in [5.41, 5.74) is 0.862. The van der Waals surface area contributed by atoms with Crippen LogP contribution in [0.15, 0.2) is 36.9 Å². The van der Waals surface area contributed by atoms with Crippen molar-refractivity contribution in [3.8, 4) is 0 Å². The van der Waals surface area contributed by atoms with E-state index < -0.39 is 24.9 Å². The van der Waals surface area contributed by atoms with E-state index in [2.05, 4.69) is 11.9 Å². The van der Waals surface area contributed by atoms with Gasteiger partial charge in [-0.2, -0.15) is 0 Å². The van der Waals surface area contributed by atoms with Gasteiger partial charge in [-0.15, -0.1) is 0 Å². The van der Waals surface area contributed by atoms with E-state index in [1.807, 2.05) is 12.1 Å². The molecule has 2 heterocycles. The van der Waals surface area contributed by atoms with Crippen molar-refractivity contribution in [1.82, 2.24) is 10.2 Å². The van der Waals surface area contributed by atoms with Crippen molar-refractivity contribution in [2.75, 3.05) is 6.54 Å². The first-order valence-corrected chi connectivity index (χ1v) is 11.0. The van der Waals surface area contributed by atoms with Gasteiger partial charge in [0.1, 0.15) is 0 Å². The van der Waals surface area contributed by atoms with Crippen molar-refractivity contribution in [2.45, 2.75) is 50.4 Å². The number of quaternary nitrogens is 1. The molecule has 0 aromatic heterocycles. The van der Waals surface area contributed by atoms with Crippen LogP contribution in [0.1, 0.15) is 31.2 Å². The fourth-order valence-corrected chi connectivity index (χ4v) is 5.01. The average molecular weight is 474 g/mol. The summed E-state index contributed by atoms with van der Waals surface area (Å²) in [7, 11) is 0. The summed E-state index contributed by atoms with van der Waals surface area (Å²) in [6.07, 6.45) is 5.74. The molecule has 1 aromatic rings. The van der Waals surface area contributed by atoms with Gasteiger partial charge in [-0.1, -0.05) is 0 Å². The van der Waals surface area contributed by atoms with E-state index in [0.717, 1.165) is 22.0 Å². The van der Waals surface area contributed by atoms with Gasteiger partial charge in [0, 0.05) is 0 Å². The zero-order chi connectivity index (χ0) is 18.5. The number of nitrogens with zero attached hydrogens (tertiary/aromatic N) is 1. The van der Waals surface area contributed by atoms with Gasteiger partial charge in [-0.25, -0.2) is 0 Å². The molecule has 1 amide bonds. The molecule has 3 N–H and O–H groups in total. The van der Waals surface area contributed by atoms with Crippen LogP contribution in [0.3, 0.4) is 0 Å². The number of hydrogen-bond acceptors (Lipinski definition) is 5. The standard InChI is InChI=1S/C18H25IN3O4/c1-2-9-21(17-10-15-7-8-16(11-17)20-15)18(23)26-12-13-3-5-14(6-4-13)19-22(24)25/h2-6,15-17,20,22,24H,1,7-12H2/q-1/t15-,16+,17?. The number of piperidine rings is 1. The minimum atomic E-state index is -1.01. The Morgan fingerprint density at radius 1 is 1.38 bits per heavy atom. The molecule has 2 saturated heterocycles. The first-order chi connectivity index (χ1) is 12.5. The molecule has 1 aromatic carbocycles. The third-order valence-corrected chi connectivity index (χ3v) is 6.72. The number of ether oxygens (including phenoxy) is 1. The fraction of sp³-hybridized carbons (Fsp3) is 0.500. The number of carbonyl (C=O) groups excluding carboxylic acids is 1. The number of halogens is 1. The zero-order valence-electron chi connectivity index (χ0n) is 14.6. The molecule has 0 aliphatic carbocycles. The van der Waals surface area contributed by atoms with Crippen molar-refractivity contribution >= 4 is 6.09 Å². The monoisotopic (exact) mass is 474 g/mol. The zero-order valence-corrected chi connectivity index (χ0v) is 16.7. The number of fused-ring (bicyclic) bond motifs is 2. The first kappa shape index (κ1) is 19.6. The van der Waals surface area contributed by atoms with Crippen LogP contribution >= 0.6 is 0 Å². The molecule has 4 atom stereocenters. The Labute approximate surface area is 164 Å². The molecule has 0 spiro atoms. The van der Waals surface area contributed by atoms with E-state index in [9.17, 15) is 10.0 Å². The number of benzene rings is 1. The molecule has 3 rings (SSSR count). The van der Waals surface area contributed by atoms with Crippen LogP contribution in [0.5, 0.6) is 0 Å². The molecule has 2 aliphatic heterocycles. The Morgan fingerprint density at radius 3 is 2.62 bits per heavy atom. The van der Waals surface area contributed by atoms with Crippen LogP contribution in [-0.2, 0) is 11.3 Å². The predicted molar refractivity (Wildman–Crippen MR) is 91.3 cm³/mol. The summed E-state index contributed by atoms with van der Waals surface area (Å²) >= 11 is -1.01. The fourth-order valence-electron chi connectivity index (χ4n) is 3.76. The number of nitrogens with one attached hydrogen (secondary N) is 2. The van der Waals surface area contributed by atoms with Crippen LogP contribution in [-0.4, -0.2) is 40.9 Å². The van der Waals surface area contributed by atoms with Crippen LogP contribution in [0, 0.1) is 8.78 Å². The molecule has 2 aliphatic rings. The van der Waals surface area contributed by atoms with Gasteiger partial charge in [0.05, 0.1) is 0 Å². The van der Waals surface area contributed by atoms with Crippen LogP contribution in [0.4, 0.5) is 4.79 Å². The maximum absolute atomic E-state index is 12.6. The third-order valence-electron chi connectivity index (χ3n) is 4.91. The first-order valence-electron chi connectivity index (χ1n) is 8.82. The second-order valence-electron chi connectivity index (χ2n) is 6.73. The summed E-state index contributed by atoms with van der Waals surface area (Å²) in [5, 5.41) is 23.2. The molecule has 2 unspecified atom stereocenters. The SMILES string of the molecule is C=CCN(C(=O)OCc1ccc([I-][NH+]([O-])O)cc1)C1C[C@H]2CC[C@@H](C1)N2. The van der Waals surface area contributed by atoms with Crippen molar-refractivity contribution in [3.05, 3.63) is 51.3 Å². The molecule has 0 radical (unpaired) electrons. The summed E-state index contributed by atoms with van der Waals surface area (Å²) in [6, 6.07) is 8.46. The molecule has 8 heteroatoms. The molecular formula is C18H25IN3O4-. The Morgan fingerprint density at radius 2 is 2.04 bits per heavy atom. The molecule has 26 heavy (non-hydrogen) atoms. The second-order valence-corrected chi connectivity index (χ2v) is 9.44. The van der Waals surface area contributed by atoms with Gasteiger partial charge in [-0.3, -0.25) is 0 Å². The van der Waals surface area contributed by atoms with Gasteiger partial charge in [-0.05, 0) is 0 Å². The van der Waals surface area contributed by atoms with Crippen molar-refractivity contribution in [2.24, 2.45) is 0 Å². The summed E-state index contributed by atoms with van der Waals surface area (Å²) < 4.78 is 5.61. The van der Waals surface area contributed by atoms with Crippen LogP contribution in [0.2, 0.25) is 0 Å². The minimum absolute atomic E-state index is 0.190. The van der Waals surface area contributed by atoms with Crippen molar-refractivity contribution < 1.29 is 39.7 Å². The Bertz CT molecular complexity index is 613. The molecule has 144 valence electrons. The van der Waals surface area contributed by atoms with Gasteiger partial charge >= 0.3 is 164 Å². The quantitative estimate of drug-likeness (QED) is 0.185. The Balaban J connectivity index is 1.55. The van der Waals surface area contributed by atoms with Crippen LogP contribution in [0.25, 0.3) is 0 Å². The number of rotatable bonds is 7. The normalized spacial score (nSPS) is 25.7. The van der Waals surface area contributed by atoms with E-state index in [4.69, 9.17) is 9.94 Å². The third kappa shape index (κ3) is 5.17. The van der Waals surface area contributed by atoms with E-state index in [-0.39, 0.29) is 18.7 Å². The maximum atomic E-state index is 12.6. The number of hydrogen-bond donors (Lipinski definition) is 3. The van der Waals surface area contributed by atoms with E-state index in [0.29, 0.717) is 18.6 Å². The van der Waals surface area contributed by atoms with Gasteiger partial charge in [0.15, 0.2) is 0 Å². The molecule has 2 fully saturated rings. The van der Waals surface area contributed by atoms with Gasteiger partial charge < -0.3 is 0 Å². The average Bonchev–Trinajstić information content (AvgIpc) is 2.96. The van der Waals surface area contributed by atoms with Gasteiger partial charge in [0.25, 0.3) is 0 Å².